The zero-order valence-corrected chi connectivity index (χ0v) is 15.0. The van der Waals surface area contributed by atoms with E-state index in [0.29, 0.717) is 17.8 Å². The molecular weight excluding hydrogens is 288 g/mol. The van der Waals surface area contributed by atoms with Crippen LogP contribution in [0.5, 0.6) is 0 Å². The minimum absolute atomic E-state index is 0.0191. The zero-order chi connectivity index (χ0) is 16.6. The van der Waals surface area contributed by atoms with Crippen LogP contribution in [0.1, 0.15) is 72.1 Å². The first-order chi connectivity index (χ1) is 10.7. The van der Waals surface area contributed by atoms with Gasteiger partial charge in [-0.15, -0.1) is 0 Å². The van der Waals surface area contributed by atoms with Crippen LogP contribution < -0.4 is 0 Å². The van der Waals surface area contributed by atoms with Crippen LogP contribution >= 0.6 is 0 Å². The van der Waals surface area contributed by atoms with Crippen LogP contribution in [0.4, 0.5) is 0 Å². The van der Waals surface area contributed by atoms with Crippen LogP contribution in [0.2, 0.25) is 0 Å². The third-order valence-corrected chi connectivity index (χ3v) is 9.21. The maximum Gasteiger partial charge on any atom is 0.0675 e. The topological polar surface area (TPSA) is 60.7 Å². The Morgan fingerprint density at radius 3 is 2.22 bits per heavy atom. The lowest BCUT2D eigenvalue weighted by molar-refractivity contribution is -0.185. The molecular formula is C20H34O3. The molecule has 3 nitrogen and oxygen atoms in total. The summed E-state index contributed by atoms with van der Waals surface area (Å²) in [5, 5.41) is 31.9. The Kier molecular flexibility index (Phi) is 3.52. The second-order valence-electron chi connectivity index (χ2n) is 9.99. The summed E-state index contributed by atoms with van der Waals surface area (Å²) in [6, 6.07) is 0. The van der Waals surface area contributed by atoms with Gasteiger partial charge in [-0.1, -0.05) is 13.8 Å². The van der Waals surface area contributed by atoms with E-state index in [4.69, 9.17) is 0 Å². The van der Waals surface area contributed by atoms with Crippen LogP contribution in [0.3, 0.4) is 0 Å². The molecule has 0 amide bonds. The monoisotopic (exact) mass is 322 g/mol. The molecule has 0 aliphatic heterocycles. The highest BCUT2D eigenvalue weighted by molar-refractivity contribution is 5.14. The van der Waals surface area contributed by atoms with Crippen molar-refractivity contribution in [3.8, 4) is 0 Å². The van der Waals surface area contributed by atoms with Crippen molar-refractivity contribution >= 4 is 0 Å². The summed E-state index contributed by atoms with van der Waals surface area (Å²) in [5.41, 5.74) is -0.350. The van der Waals surface area contributed by atoms with Gasteiger partial charge < -0.3 is 15.3 Å². The van der Waals surface area contributed by atoms with Gasteiger partial charge in [-0.05, 0) is 92.8 Å². The normalized spacial score (nSPS) is 62.3. The predicted octanol–water partition coefficient (Wildman–Crippen LogP) is 3.11. The summed E-state index contributed by atoms with van der Waals surface area (Å²) in [4.78, 5) is 0. The van der Waals surface area contributed by atoms with Crippen LogP contribution in [-0.2, 0) is 0 Å². The number of aliphatic hydroxyl groups excluding tert-OH is 2. The van der Waals surface area contributed by atoms with Gasteiger partial charge >= 0.3 is 0 Å². The van der Waals surface area contributed by atoms with Crippen molar-refractivity contribution in [2.24, 2.45) is 34.5 Å². The third-order valence-electron chi connectivity index (χ3n) is 9.21. The van der Waals surface area contributed by atoms with E-state index in [1.54, 1.807) is 0 Å². The van der Waals surface area contributed by atoms with Gasteiger partial charge in [0, 0.05) is 0 Å². The maximum absolute atomic E-state index is 10.9. The zero-order valence-electron chi connectivity index (χ0n) is 15.0. The molecule has 4 fully saturated rings. The summed E-state index contributed by atoms with van der Waals surface area (Å²) in [7, 11) is 0. The molecule has 3 N–H and O–H groups in total. The molecule has 0 unspecified atom stereocenters. The van der Waals surface area contributed by atoms with Gasteiger partial charge in [0.15, 0.2) is 0 Å². The Balaban J connectivity index is 1.68. The molecule has 3 heteroatoms. The summed E-state index contributed by atoms with van der Waals surface area (Å²) in [5.74, 6) is 2.03. The lowest BCUT2D eigenvalue weighted by Crippen LogP contribution is -2.59. The highest BCUT2D eigenvalue weighted by atomic mass is 16.3. The van der Waals surface area contributed by atoms with Gasteiger partial charge in [0.05, 0.1) is 17.8 Å². The Labute approximate surface area is 140 Å². The summed E-state index contributed by atoms with van der Waals surface area (Å²) >= 11 is 0. The summed E-state index contributed by atoms with van der Waals surface area (Å²) in [6.07, 6.45) is 7.43. The van der Waals surface area contributed by atoms with Crippen molar-refractivity contribution in [3.05, 3.63) is 0 Å². The van der Waals surface area contributed by atoms with E-state index in [1.807, 2.05) is 6.92 Å². The van der Waals surface area contributed by atoms with Crippen molar-refractivity contribution < 1.29 is 15.3 Å². The fourth-order valence-electron chi connectivity index (χ4n) is 7.52. The number of hydrogen-bond acceptors (Lipinski definition) is 3. The molecule has 0 radical (unpaired) electrons. The first-order valence-electron chi connectivity index (χ1n) is 9.77. The number of aliphatic hydroxyl groups is 3. The van der Waals surface area contributed by atoms with Gasteiger partial charge in [0.2, 0.25) is 0 Å². The van der Waals surface area contributed by atoms with E-state index in [0.717, 1.165) is 44.9 Å². The summed E-state index contributed by atoms with van der Waals surface area (Å²) < 4.78 is 0. The second-order valence-corrected chi connectivity index (χ2v) is 9.99. The van der Waals surface area contributed by atoms with Crippen molar-refractivity contribution in [1.29, 1.82) is 0 Å². The molecule has 0 aromatic rings. The van der Waals surface area contributed by atoms with Crippen molar-refractivity contribution in [2.75, 3.05) is 0 Å². The lowest BCUT2D eigenvalue weighted by Gasteiger charge is -2.62. The van der Waals surface area contributed by atoms with Gasteiger partial charge in [0.1, 0.15) is 0 Å². The van der Waals surface area contributed by atoms with Crippen LogP contribution in [0.25, 0.3) is 0 Å². The molecule has 4 aliphatic carbocycles. The van der Waals surface area contributed by atoms with Crippen molar-refractivity contribution in [2.45, 2.75) is 89.9 Å². The molecule has 0 spiro atoms. The van der Waals surface area contributed by atoms with Crippen LogP contribution in [-0.4, -0.2) is 33.1 Å². The third kappa shape index (κ3) is 2.05. The molecule has 23 heavy (non-hydrogen) atoms. The first-order valence-corrected chi connectivity index (χ1v) is 9.77. The Morgan fingerprint density at radius 2 is 1.48 bits per heavy atom. The molecule has 0 aromatic carbocycles. The minimum Gasteiger partial charge on any atom is -0.393 e. The predicted molar refractivity (Wildman–Crippen MR) is 89.7 cm³/mol. The molecule has 4 saturated carbocycles. The number of fused-ring (bicyclic) bond motifs is 5. The SMILES string of the molecule is C[C@]12CC[C@H](O)C[C@@H]1[C@@H](O)C[C@@H]1[C@@H]2CC[C@@]2(C)[C@H]1CC[C@]2(C)O. The molecule has 4 aliphatic rings. The first kappa shape index (κ1) is 16.4. The number of hydrogen-bond donors (Lipinski definition) is 3. The molecule has 9 atom stereocenters. The van der Waals surface area contributed by atoms with Crippen LogP contribution in [0, 0.1) is 34.5 Å². The van der Waals surface area contributed by atoms with Crippen molar-refractivity contribution in [3.63, 3.8) is 0 Å². The van der Waals surface area contributed by atoms with Gasteiger partial charge in [-0.3, -0.25) is 0 Å². The molecule has 132 valence electrons. The molecule has 0 saturated heterocycles. The van der Waals surface area contributed by atoms with E-state index in [2.05, 4.69) is 13.8 Å². The Bertz CT molecular complexity index is 489. The highest BCUT2D eigenvalue weighted by Crippen LogP contribution is 2.68. The molecule has 4 rings (SSSR count). The van der Waals surface area contributed by atoms with Gasteiger partial charge in [-0.2, -0.15) is 0 Å². The van der Waals surface area contributed by atoms with E-state index in [-0.39, 0.29) is 29.0 Å². The minimum atomic E-state index is -0.548. The number of rotatable bonds is 0. The summed E-state index contributed by atoms with van der Waals surface area (Å²) in [6.45, 7) is 6.72. The Hall–Kier alpha value is -0.120. The highest BCUT2D eigenvalue weighted by Gasteiger charge is 2.64. The van der Waals surface area contributed by atoms with Gasteiger partial charge in [0.25, 0.3) is 0 Å². The fraction of sp³-hybridized carbons (Fsp3) is 1.00. The largest absolute Gasteiger partial charge is 0.393 e. The van der Waals surface area contributed by atoms with Crippen LogP contribution in [0.15, 0.2) is 0 Å². The Morgan fingerprint density at radius 1 is 0.783 bits per heavy atom. The maximum atomic E-state index is 10.9. The van der Waals surface area contributed by atoms with E-state index < -0.39 is 5.60 Å². The van der Waals surface area contributed by atoms with Crippen molar-refractivity contribution in [1.82, 2.24) is 0 Å². The molecule has 0 heterocycles. The average molecular weight is 322 g/mol. The van der Waals surface area contributed by atoms with E-state index in [1.165, 1.54) is 6.42 Å². The standard InChI is InChI=1S/C20H34O3/c1-18-7-4-12(21)10-16(18)17(22)11-13-14(18)5-8-19(2)15(13)6-9-20(19,3)23/h12-17,21-23H,4-11H2,1-3H3/t12-,13+,14-,15-,16+,17-,18+,19-,20-/m0/s1. The molecule has 0 bridgehead atoms. The quantitative estimate of drug-likeness (QED) is 0.642. The second kappa shape index (κ2) is 4.95. The smallest absolute Gasteiger partial charge is 0.0675 e. The van der Waals surface area contributed by atoms with E-state index in [9.17, 15) is 15.3 Å². The lowest BCUT2D eigenvalue weighted by atomic mass is 9.44. The fourth-order valence-corrected chi connectivity index (χ4v) is 7.52. The average Bonchev–Trinajstić information content (AvgIpc) is 2.72. The van der Waals surface area contributed by atoms with E-state index >= 15 is 0 Å². The van der Waals surface area contributed by atoms with Gasteiger partial charge in [-0.25, -0.2) is 0 Å². The molecule has 0 aromatic heterocycles.